The molecule has 1 aliphatic heterocycles. The van der Waals surface area contributed by atoms with Crippen molar-refractivity contribution in [2.75, 3.05) is 19.7 Å². The quantitative estimate of drug-likeness (QED) is 0.821. The molecule has 0 amide bonds. The first-order chi connectivity index (χ1) is 9.34. The molecule has 3 rings (SSSR count). The molecule has 1 fully saturated rings. The Balaban J connectivity index is 1.68. The van der Waals surface area contributed by atoms with Crippen LogP contribution in [0.1, 0.15) is 30.1 Å². The first-order valence-corrected chi connectivity index (χ1v) is 6.95. The minimum absolute atomic E-state index is 0.108. The molecule has 2 atom stereocenters. The lowest BCUT2D eigenvalue weighted by atomic mass is 9.89. The zero-order valence-electron chi connectivity index (χ0n) is 10.9. The third-order valence-electron chi connectivity index (χ3n) is 3.76. The second-order valence-corrected chi connectivity index (χ2v) is 5.08. The van der Waals surface area contributed by atoms with E-state index in [4.69, 9.17) is 9.47 Å². The standard InChI is InChI=1S/C15H19NO3/c17-15(14-10-16-8-9-18-14)19-13-7-3-5-11-4-1-2-6-12(11)13/h1-2,4,6,13-14,16H,3,5,7-10H2. The summed E-state index contributed by atoms with van der Waals surface area (Å²) < 4.78 is 11.1. The van der Waals surface area contributed by atoms with Crippen molar-refractivity contribution in [1.29, 1.82) is 0 Å². The number of esters is 1. The Morgan fingerprint density at radius 2 is 2.26 bits per heavy atom. The smallest absolute Gasteiger partial charge is 0.337 e. The van der Waals surface area contributed by atoms with Crippen LogP contribution in [0.3, 0.4) is 0 Å². The van der Waals surface area contributed by atoms with E-state index in [9.17, 15) is 4.79 Å². The van der Waals surface area contributed by atoms with Crippen LogP contribution in [-0.4, -0.2) is 31.8 Å². The summed E-state index contributed by atoms with van der Waals surface area (Å²) in [4.78, 5) is 12.1. The fraction of sp³-hybridized carbons (Fsp3) is 0.533. The van der Waals surface area contributed by atoms with Crippen molar-refractivity contribution >= 4 is 5.97 Å². The van der Waals surface area contributed by atoms with Crippen LogP contribution in [0.4, 0.5) is 0 Å². The van der Waals surface area contributed by atoms with Crippen LogP contribution in [0.25, 0.3) is 0 Å². The van der Waals surface area contributed by atoms with Crippen LogP contribution in [0.2, 0.25) is 0 Å². The van der Waals surface area contributed by atoms with Crippen molar-refractivity contribution in [3.8, 4) is 0 Å². The van der Waals surface area contributed by atoms with Crippen LogP contribution in [0.15, 0.2) is 24.3 Å². The van der Waals surface area contributed by atoms with Crippen molar-refractivity contribution in [3.63, 3.8) is 0 Å². The molecule has 2 aliphatic rings. The molecule has 0 bridgehead atoms. The zero-order chi connectivity index (χ0) is 13.1. The van der Waals surface area contributed by atoms with Gasteiger partial charge in [0.05, 0.1) is 6.61 Å². The summed E-state index contributed by atoms with van der Waals surface area (Å²) >= 11 is 0. The van der Waals surface area contributed by atoms with E-state index in [1.54, 1.807) is 0 Å². The van der Waals surface area contributed by atoms with Crippen LogP contribution < -0.4 is 5.32 Å². The summed E-state index contributed by atoms with van der Waals surface area (Å²) in [6.07, 6.45) is 2.48. The van der Waals surface area contributed by atoms with Crippen molar-refractivity contribution in [2.24, 2.45) is 0 Å². The summed E-state index contributed by atoms with van der Waals surface area (Å²) in [5.74, 6) is -0.242. The van der Waals surface area contributed by atoms with Crippen LogP contribution in [-0.2, 0) is 20.7 Å². The molecule has 0 radical (unpaired) electrons. The first kappa shape index (κ1) is 12.6. The third-order valence-corrected chi connectivity index (χ3v) is 3.76. The Morgan fingerprint density at radius 1 is 1.37 bits per heavy atom. The van der Waals surface area contributed by atoms with Gasteiger partial charge < -0.3 is 14.8 Å². The number of morpholine rings is 1. The highest BCUT2D eigenvalue weighted by Crippen LogP contribution is 2.32. The predicted octanol–water partition coefficient (Wildman–Crippen LogP) is 1.60. The average Bonchev–Trinajstić information content (AvgIpc) is 2.48. The highest BCUT2D eigenvalue weighted by molar-refractivity contribution is 5.75. The molecule has 0 saturated carbocycles. The number of hydrogen-bond donors (Lipinski definition) is 1. The monoisotopic (exact) mass is 261 g/mol. The summed E-state index contributed by atoms with van der Waals surface area (Å²) in [6, 6.07) is 8.22. The average molecular weight is 261 g/mol. The van der Waals surface area contributed by atoms with Crippen molar-refractivity contribution in [1.82, 2.24) is 5.32 Å². The molecule has 19 heavy (non-hydrogen) atoms. The summed E-state index contributed by atoms with van der Waals surface area (Å²) in [7, 11) is 0. The van der Waals surface area contributed by atoms with Gasteiger partial charge in [0.25, 0.3) is 0 Å². The van der Waals surface area contributed by atoms with E-state index in [0.717, 1.165) is 31.4 Å². The summed E-state index contributed by atoms with van der Waals surface area (Å²) in [5.41, 5.74) is 2.46. The van der Waals surface area contributed by atoms with E-state index in [2.05, 4.69) is 17.4 Å². The normalized spacial score (nSPS) is 26.5. The Labute approximate surface area is 113 Å². The second kappa shape index (κ2) is 5.72. The maximum Gasteiger partial charge on any atom is 0.337 e. The van der Waals surface area contributed by atoms with Crippen molar-refractivity contribution < 1.29 is 14.3 Å². The molecular formula is C15H19NO3. The van der Waals surface area contributed by atoms with Gasteiger partial charge in [0.2, 0.25) is 0 Å². The van der Waals surface area contributed by atoms with Crippen LogP contribution >= 0.6 is 0 Å². The number of nitrogens with one attached hydrogen (secondary N) is 1. The van der Waals surface area contributed by atoms with E-state index in [1.807, 2.05) is 12.1 Å². The van der Waals surface area contributed by atoms with Gasteiger partial charge in [-0.2, -0.15) is 0 Å². The lowest BCUT2D eigenvalue weighted by Crippen LogP contribution is -2.44. The van der Waals surface area contributed by atoms with Gasteiger partial charge in [0.1, 0.15) is 6.10 Å². The minimum atomic E-state index is -0.456. The molecule has 102 valence electrons. The van der Waals surface area contributed by atoms with Gasteiger partial charge in [-0.05, 0) is 30.4 Å². The third kappa shape index (κ3) is 2.80. The number of carbonyl (C=O) groups is 1. The molecule has 1 aromatic rings. The molecule has 1 aliphatic carbocycles. The number of ether oxygens (including phenoxy) is 2. The Morgan fingerprint density at radius 3 is 3.11 bits per heavy atom. The number of fused-ring (bicyclic) bond motifs is 1. The van der Waals surface area contributed by atoms with E-state index >= 15 is 0 Å². The largest absolute Gasteiger partial charge is 0.456 e. The minimum Gasteiger partial charge on any atom is -0.456 e. The van der Waals surface area contributed by atoms with E-state index in [0.29, 0.717) is 13.2 Å². The molecule has 1 heterocycles. The van der Waals surface area contributed by atoms with Gasteiger partial charge in [-0.25, -0.2) is 4.79 Å². The predicted molar refractivity (Wildman–Crippen MR) is 70.8 cm³/mol. The maximum absolute atomic E-state index is 12.1. The highest BCUT2D eigenvalue weighted by atomic mass is 16.6. The van der Waals surface area contributed by atoms with Crippen molar-refractivity contribution in [2.45, 2.75) is 31.5 Å². The van der Waals surface area contributed by atoms with Crippen LogP contribution in [0.5, 0.6) is 0 Å². The molecule has 4 heteroatoms. The Bertz CT molecular complexity index is 454. The first-order valence-electron chi connectivity index (χ1n) is 6.95. The number of carbonyl (C=O) groups excluding carboxylic acids is 1. The summed E-state index contributed by atoms with van der Waals surface area (Å²) in [5, 5.41) is 3.15. The van der Waals surface area contributed by atoms with Gasteiger partial charge >= 0.3 is 5.97 Å². The molecule has 1 saturated heterocycles. The second-order valence-electron chi connectivity index (χ2n) is 5.08. The molecular weight excluding hydrogens is 242 g/mol. The van der Waals surface area contributed by atoms with E-state index in [1.165, 1.54) is 5.56 Å². The van der Waals surface area contributed by atoms with Gasteiger partial charge in [-0.15, -0.1) is 0 Å². The molecule has 1 aromatic carbocycles. The molecule has 0 aromatic heterocycles. The maximum atomic E-state index is 12.1. The van der Waals surface area contributed by atoms with Gasteiger partial charge in [-0.1, -0.05) is 24.3 Å². The number of rotatable bonds is 2. The Hall–Kier alpha value is -1.39. The lowest BCUT2D eigenvalue weighted by molar-refractivity contribution is -0.165. The fourth-order valence-corrected chi connectivity index (χ4v) is 2.76. The molecule has 2 unspecified atom stereocenters. The number of aryl methyl sites for hydroxylation is 1. The van der Waals surface area contributed by atoms with Gasteiger partial charge in [0, 0.05) is 13.1 Å². The fourth-order valence-electron chi connectivity index (χ4n) is 2.76. The lowest BCUT2D eigenvalue weighted by Gasteiger charge is -2.28. The molecule has 1 N–H and O–H groups in total. The van der Waals surface area contributed by atoms with Gasteiger partial charge in [-0.3, -0.25) is 0 Å². The SMILES string of the molecule is O=C(OC1CCCc2ccccc21)C1CNCCO1. The Kier molecular flexibility index (Phi) is 3.80. The van der Waals surface area contributed by atoms with E-state index in [-0.39, 0.29) is 12.1 Å². The zero-order valence-corrected chi connectivity index (χ0v) is 10.9. The summed E-state index contributed by atoms with van der Waals surface area (Å²) in [6.45, 7) is 1.92. The number of hydrogen-bond acceptors (Lipinski definition) is 4. The molecule has 4 nitrogen and oxygen atoms in total. The topological polar surface area (TPSA) is 47.6 Å². The van der Waals surface area contributed by atoms with Crippen molar-refractivity contribution in [3.05, 3.63) is 35.4 Å². The van der Waals surface area contributed by atoms with Crippen LogP contribution in [0, 0.1) is 0 Å². The van der Waals surface area contributed by atoms with E-state index < -0.39 is 6.10 Å². The highest BCUT2D eigenvalue weighted by Gasteiger charge is 2.28. The van der Waals surface area contributed by atoms with Gasteiger partial charge in [0.15, 0.2) is 6.10 Å². The molecule has 0 spiro atoms. The number of benzene rings is 1.